The van der Waals surface area contributed by atoms with Crippen molar-refractivity contribution >= 4 is 40.6 Å². The number of rotatable bonds is 5. The first-order valence-corrected chi connectivity index (χ1v) is 8.44. The lowest BCUT2D eigenvalue weighted by Gasteiger charge is -2.15. The highest BCUT2D eigenvalue weighted by atomic mass is 35.5. The number of halogens is 2. The average molecular weight is 392 g/mol. The van der Waals surface area contributed by atoms with E-state index in [-0.39, 0.29) is 17.2 Å². The van der Waals surface area contributed by atoms with E-state index in [0.717, 1.165) is 10.5 Å². The molecule has 2 amide bonds. The maximum absolute atomic E-state index is 12.8. The number of amides is 2. The maximum atomic E-state index is 12.8. The first-order valence-electron chi connectivity index (χ1n) is 7.69. The molecule has 1 heterocycles. The van der Waals surface area contributed by atoms with Gasteiger partial charge in [-0.1, -0.05) is 41.4 Å². The van der Waals surface area contributed by atoms with E-state index in [4.69, 9.17) is 32.7 Å². The minimum atomic E-state index is -0.531. The standard InChI is InChI=1S/C19H15Cl2NO4/c1-25-14-8-5-12(9-15(14)26-2)16-17(21)19(24)22(18(16)23)10-11-3-6-13(20)7-4-11/h3-9H,10H2,1-2H3. The Labute approximate surface area is 160 Å². The molecule has 5 nitrogen and oxygen atoms in total. The summed E-state index contributed by atoms with van der Waals surface area (Å²) in [5.41, 5.74) is 1.41. The number of ether oxygens (including phenoxy) is 2. The Morgan fingerprint density at radius 1 is 0.885 bits per heavy atom. The highest BCUT2D eigenvalue weighted by Crippen LogP contribution is 2.36. The Morgan fingerprint density at radius 2 is 1.54 bits per heavy atom. The highest BCUT2D eigenvalue weighted by molar-refractivity contribution is 6.55. The predicted molar refractivity (Wildman–Crippen MR) is 99.3 cm³/mol. The van der Waals surface area contributed by atoms with E-state index >= 15 is 0 Å². The topological polar surface area (TPSA) is 55.8 Å². The number of hydrogen-bond acceptors (Lipinski definition) is 4. The van der Waals surface area contributed by atoms with Gasteiger partial charge in [0.05, 0.1) is 26.3 Å². The zero-order valence-corrected chi connectivity index (χ0v) is 15.6. The number of carbonyl (C=O) groups is 2. The van der Waals surface area contributed by atoms with E-state index in [1.165, 1.54) is 14.2 Å². The summed E-state index contributed by atoms with van der Waals surface area (Å²) in [5, 5.41) is 0.464. The summed E-state index contributed by atoms with van der Waals surface area (Å²) in [6.45, 7) is 0.113. The average Bonchev–Trinajstić information content (AvgIpc) is 2.86. The number of methoxy groups -OCH3 is 2. The van der Waals surface area contributed by atoms with Gasteiger partial charge in [0.1, 0.15) is 5.03 Å². The zero-order chi connectivity index (χ0) is 18.8. The first kappa shape index (κ1) is 18.3. The van der Waals surface area contributed by atoms with Crippen molar-refractivity contribution in [2.75, 3.05) is 14.2 Å². The fourth-order valence-electron chi connectivity index (χ4n) is 2.70. The van der Waals surface area contributed by atoms with Gasteiger partial charge < -0.3 is 9.47 Å². The number of imide groups is 1. The summed E-state index contributed by atoms with van der Waals surface area (Å²) in [6.07, 6.45) is 0. The molecule has 0 saturated carbocycles. The molecule has 26 heavy (non-hydrogen) atoms. The van der Waals surface area contributed by atoms with Gasteiger partial charge >= 0.3 is 0 Å². The highest BCUT2D eigenvalue weighted by Gasteiger charge is 2.38. The molecule has 0 fully saturated rings. The third-order valence-electron chi connectivity index (χ3n) is 4.04. The summed E-state index contributed by atoms with van der Waals surface area (Å²) in [7, 11) is 3.01. The van der Waals surface area contributed by atoms with Crippen LogP contribution in [0.1, 0.15) is 11.1 Å². The summed E-state index contributed by atoms with van der Waals surface area (Å²) in [6, 6.07) is 11.9. The maximum Gasteiger partial charge on any atom is 0.273 e. The van der Waals surface area contributed by atoms with Crippen LogP contribution >= 0.6 is 23.2 Å². The number of nitrogens with zero attached hydrogens (tertiary/aromatic N) is 1. The molecule has 0 saturated heterocycles. The van der Waals surface area contributed by atoms with Gasteiger partial charge in [-0.25, -0.2) is 0 Å². The second-order valence-electron chi connectivity index (χ2n) is 5.58. The van der Waals surface area contributed by atoms with Crippen LogP contribution in [0, 0.1) is 0 Å². The minimum Gasteiger partial charge on any atom is -0.493 e. The van der Waals surface area contributed by atoms with E-state index in [1.807, 2.05) is 0 Å². The SMILES string of the molecule is COc1ccc(C2=C(Cl)C(=O)N(Cc3ccc(Cl)cc3)C2=O)cc1OC. The van der Waals surface area contributed by atoms with Crippen molar-refractivity contribution in [2.45, 2.75) is 6.54 Å². The predicted octanol–water partition coefficient (Wildman–Crippen LogP) is 3.88. The van der Waals surface area contributed by atoms with Gasteiger partial charge in [0.2, 0.25) is 0 Å². The van der Waals surface area contributed by atoms with Gasteiger partial charge in [-0.3, -0.25) is 14.5 Å². The third-order valence-corrected chi connectivity index (χ3v) is 4.64. The summed E-state index contributed by atoms with van der Waals surface area (Å²) in [5.74, 6) is -0.0281. The van der Waals surface area contributed by atoms with Gasteiger partial charge in [-0.15, -0.1) is 0 Å². The van der Waals surface area contributed by atoms with Gasteiger partial charge in [0.15, 0.2) is 11.5 Å². The molecule has 0 aromatic heterocycles. The van der Waals surface area contributed by atoms with Crippen LogP contribution in [0.4, 0.5) is 0 Å². The Hall–Kier alpha value is -2.50. The molecular weight excluding hydrogens is 377 g/mol. The van der Waals surface area contributed by atoms with Gasteiger partial charge in [0, 0.05) is 5.02 Å². The second kappa shape index (κ2) is 7.40. The van der Waals surface area contributed by atoms with Crippen LogP contribution < -0.4 is 9.47 Å². The normalized spacial score (nSPS) is 14.2. The lowest BCUT2D eigenvalue weighted by Crippen LogP contribution is -2.30. The summed E-state index contributed by atoms with van der Waals surface area (Å²) >= 11 is 12.1. The van der Waals surface area contributed by atoms with Crippen LogP contribution in [0.3, 0.4) is 0 Å². The van der Waals surface area contributed by atoms with Crippen molar-refractivity contribution in [1.82, 2.24) is 4.90 Å². The van der Waals surface area contributed by atoms with Gasteiger partial charge in [-0.05, 0) is 35.4 Å². The molecule has 0 bridgehead atoms. The monoisotopic (exact) mass is 391 g/mol. The van der Waals surface area contributed by atoms with E-state index < -0.39 is 11.8 Å². The second-order valence-corrected chi connectivity index (χ2v) is 6.40. The number of benzene rings is 2. The molecule has 0 atom stereocenters. The van der Waals surface area contributed by atoms with Crippen LogP contribution in [0.2, 0.25) is 5.02 Å². The van der Waals surface area contributed by atoms with Crippen molar-refractivity contribution in [3.63, 3.8) is 0 Å². The number of hydrogen-bond donors (Lipinski definition) is 0. The van der Waals surface area contributed by atoms with Crippen molar-refractivity contribution in [2.24, 2.45) is 0 Å². The molecule has 2 aromatic carbocycles. The van der Waals surface area contributed by atoms with E-state index in [2.05, 4.69) is 0 Å². The Bertz CT molecular complexity index is 906. The van der Waals surface area contributed by atoms with Crippen molar-refractivity contribution in [3.8, 4) is 11.5 Å². The van der Waals surface area contributed by atoms with Crippen LogP contribution in [-0.2, 0) is 16.1 Å². The van der Waals surface area contributed by atoms with Crippen LogP contribution in [-0.4, -0.2) is 30.9 Å². The minimum absolute atomic E-state index is 0.113. The summed E-state index contributed by atoms with van der Waals surface area (Å²) in [4.78, 5) is 26.4. The fraction of sp³-hybridized carbons (Fsp3) is 0.158. The third kappa shape index (κ3) is 3.28. The molecule has 1 aliphatic rings. The van der Waals surface area contributed by atoms with Crippen molar-refractivity contribution in [3.05, 3.63) is 63.6 Å². The molecule has 0 aliphatic carbocycles. The molecule has 3 rings (SSSR count). The Morgan fingerprint density at radius 3 is 2.15 bits per heavy atom. The molecule has 0 N–H and O–H groups in total. The largest absolute Gasteiger partial charge is 0.493 e. The van der Waals surface area contributed by atoms with Crippen LogP contribution in [0.25, 0.3) is 5.57 Å². The smallest absolute Gasteiger partial charge is 0.273 e. The summed E-state index contributed by atoms with van der Waals surface area (Å²) < 4.78 is 10.4. The molecule has 7 heteroatoms. The van der Waals surface area contributed by atoms with E-state index in [0.29, 0.717) is 22.1 Å². The molecular formula is C19H15Cl2NO4. The Kier molecular flexibility index (Phi) is 5.20. The lowest BCUT2D eigenvalue weighted by molar-refractivity contribution is -0.137. The molecule has 0 spiro atoms. The molecule has 1 aliphatic heterocycles. The van der Waals surface area contributed by atoms with E-state index in [1.54, 1.807) is 42.5 Å². The number of carbonyl (C=O) groups excluding carboxylic acids is 2. The van der Waals surface area contributed by atoms with Gasteiger partial charge in [-0.2, -0.15) is 0 Å². The van der Waals surface area contributed by atoms with Crippen LogP contribution in [0.5, 0.6) is 11.5 Å². The first-order chi connectivity index (χ1) is 12.5. The molecule has 0 radical (unpaired) electrons. The van der Waals surface area contributed by atoms with Crippen molar-refractivity contribution < 1.29 is 19.1 Å². The lowest BCUT2D eigenvalue weighted by atomic mass is 10.1. The molecule has 2 aromatic rings. The molecule has 0 unspecified atom stereocenters. The quantitative estimate of drug-likeness (QED) is 0.725. The van der Waals surface area contributed by atoms with Gasteiger partial charge in [0.25, 0.3) is 11.8 Å². The van der Waals surface area contributed by atoms with Crippen LogP contribution in [0.15, 0.2) is 47.5 Å². The van der Waals surface area contributed by atoms with E-state index in [9.17, 15) is 9.59 Å². The van der Waals surface area contributed by atoms with Crippen molar-refractivity contribution in [1.29, 1.82) is 0 Å². The zero-order valence-electron chi connectivity index (χ0n) is 14.1. The fourth-order valence-corrected chi connectivity index (χ4v) is 3.12. The Balaban J connectivity index is 1.92. The molecule has 134 valence electrons.